The molecule has 1 aliphatic rings. The van der Waals surface area contributed by atoms with Gasteiger partial charge in [0.2, 0.25) is 0 Å². The smallest absolute Gasteiger partial charge is 0.285 e. The molecule has 7 heteroatoms. The second kappa shape index (κ2) is 7.52. The zero-order valence-electron chi connectivity index (χ0n) is 15.6. The van der Waals surface area contributed by atoms with Crippen LogP contribution in [0.1, 0.15) is 49.0 Å². The van der Waals surface area contributed by atoms with Gasteiger partial charge >= 0.3 is 0 Å². The molecule has 2 aromatic carbocycles. The molecule has 0 spiro atoms. The Morgan fingerprint density at radius 1 is 1.15 bits per heavy atom. The van der Waals surface area contributed by atoms with Crippen LogP contribution in [-0.4, -0.2) is 27.2 Å². The summed E-state index contributed by atoms with van der Waals surface area (Å²) >= 11 is 0. The number of anilines is 2. The van der Waals surface area contributed by atoms with Gasteiger partial charge in [0.25, 0.3) is 15.9 Å². The van der Waals surface area contributed by atoms with Crippen molar-refractivity contribution < 1.29 is 13.2 Å². The highest BCUT2D eigenvalue weighted by Gasteiger charge is 2.26. The predicted octanol–water partition coefficient (Wildman–Crippen LogP) is 4.01. The first-order valence-corrected chi connectivity index (χ1v) is 10.4. The highest BCUT2D eigenvalue weighted by molar-refractivity contribution is 7.90. The van der Waals surface area contributed by atoms with E-state index in [0.29, 0.717) is 23.8 Å². The Bertz CT molecular complexity index is 980. The molecule has 0 fully saturated rings. The van der Waals surface area contributed by atoms with Crippen molar-refractivity contribution in [2.75, 3.05) is 16.8 Å². The average molecular weight is 385 g/mol. The molecule has 0 saturated heterocycles. The first-order chi connectivity index (χ1) is 12.8. The molecular formula is C20H23N3O3S. The van der Waals surface area contributed by atoms with E-state index in [4.69, 9.17) is 0 Å². The lowest BCUT2D eigenvalue weighted by Gasteiger charge is -2.25. The van der Waals surface area contributed by atoms with E-state index in [0.717, 1.165) is 6.42 Å². The summed E-state index contributed by atoms with van der Waals surface area (Å²) in [5, 5.41) is 2.81. The molecule has 0 atom stereocenters. The third-order valence-corrected chi connectivity index (χ3v) is 5.69. The molecule has 1 amide bonds. The number of carbonyl (C=O) groups is 1. The fourth-order valence-electron chi connectivity index (χ4n) is 2.91. The minimum atomic E-state index is -3.79. The number of nitrogens with one attached hydrogen (secondary N) is 1. The van der Waals surface area contributed by atoms with Crippen molar-refractivity contribution in [3.63, 3.8) is 0 Å². The lowest BCUT2D eigenvalue weighted by molar-refractivity contribution is 0.102. The molecule has 1 N–H and O–H groups in total. The highest BCUT2D eigenvalue weighted by atomic mass is 32.2. The van der Waals surface area contributed by atoms with Crippen LogP contribution in [0.3, 0.4) is 0 Å². The van der Waals surface area contributed by atoms with Gasteiger partial charge in [0, 0.05) is 17.8 Å². The number of rotatable bonds is 5. The predicted molar refractivity (Wildman–Crippen MR) is 108 cm³/mol. The van der Waals surface area contributed by atoms with Gasteiger partial charge in [-0.2, -0.15) is 8.42 Å². The molecule has 27 heavy (non-hydrogen) atoms. The Morgan fingerprint density at radius 2 is 1.85 bits per heavy atom. The maximum Gasteiger partial charge on any atom is 0.285 e. The van der Waals surface area contributed by atoms with Gasteiger partial charge in [0.05, 0.1) is 5.69 Å². The van der Waals surface area contributed by atoms with Crippen molar-refractivity contribution in [2.45, 2.75) is 38.0 Å². The lowest BCUT2D eigenvalue weighted by Crippen LogP contribution is -2.28. The van der Waals surface area contributed by atoms with Crippen molar-refractivity contribution in [1.29, 1.82) is 0 Å². The fraction of sp³-hybridized carbons (Fsp3) is 0.300. The van der Waals surface area contributed by atoms with Crippen LogP contribution in [0.15, 0.2) is 51.8 Å². The zero-order valence-corrected chi connectivity index (χ0v) is 16.5. The third-order valence-electron chi connectivity index (χ3n) is 4.43. The fourth-order valence-corrected chi connectivity index (χ4v) is 3.99. The van der Waals surface area contributed by atoms with Gasteiger partial charge in [0.1, 0.15) is 11.2 Å². The molecule has 142 valence electrons. The number of amides is 1. The van der Waals surface area contributed by atoms with Gasteiger partial charge in [-0.25, -0.2) is 0 Å². The number of carbonyl (C=O) groups excluding carboxylic acids is 1. The van der Waals surface area contributed by atoms with Crippen molar-refractivity contribution >= 4 is 33.6 Å². The van der Waals surface area contributed by atoms with Crippen LogP contribution in [0.25, 0.3) is 0 Å². The molecule has 1 heterocycles. The summed E-state index contributed by atoms with van der Waals surface area (Å²) in [6.07, 6.45) is 2.18. The standard InChI is InChI=1S/C20H23N3O3S/c1-4-11-23-13-21-27(25,26)19-12-16(7-10-18(19)23)20(24)22-17-8-5-15(6-9-17)14(2)3/h5-10,12-14H,4,11H2,1-3H3,(H,22,24). The number of sulfonamides is 1. The lowest BCUT2D eigenvalue weighted by atomic mass is 10.0. The van der Waals surface area contributed by atoms with Gasteiger partial charge in [-0.1, -0.05) is 32.9 Å². The first-order valence-electron chi connectivity index (χ1n) is 8.94. The van der Waals surface area contributed by atoms with Crippen LogP contribution < -0.4 is 10.2 Å². The van der Waals surface area contributed by atoms with Crippen LogP contribution >= 0.6 is 0 Å². The molecule has 0 aliphatic carbocycles. The van der Waals surface area contributed by atoms with Gasteiger partial charge in [-0.15, -0.1) is 4.40 Å². The van der Waals surface area contributed by atoms with E-state index < -0.39 is 10.0 Å². The minimum Gasteiger partial charge on any atom is -0.331 e. The first kappa shape index (κ1) is 19.1. The second-order valence-corrected chi connectivity index (χ2v) is 8.40. The van der Waals surface area contributed by atoms with E-state index in [-0.39, 0.29) is 16.4 Å². The van der Waals surface area contributed by atoms with E-state index in [9.17, 15) is 13.2 Å². The number of hydrogen-bond donors (Lipinski definition) is 1. The van der Waals surface area contributed by atoms with Crippen molar-refractivity contribution in [3.8, 4) is 0 Å². The summed E-state index contributed by atoms with van der Waals surface area (Å²) in [7, 11) is -3.79. The van der Waals surface area contributed by atoms with Crippen molar-refractivity contribution in [1.82, 2.24) is 0 Å². The van der Waals surface area contributed by atoms with Crippen molar-refractivity contribution in [3.05, 3.63) is 53.6 Å². The van der Waals surface area contributed by atoms with E-state index in [2.05, 4.69) is 23.6 Å². The molecule has 0 radical (unpaired) electrons. The molecule has 6 nitrogen and oxygen atoms in total. The topological polar surface area (TPSA) is 78.8 Å². The summed E-state index contributed by atoms with van der Waals surface area (Å²) in [4.78, 5) is 14.4. The summed E-state index contributed by atoms with van der Waals surface area (Å²) in [6.45, 7) is 6.86. The second-order valence-electron chi connectivity index (χ2n) is 6.80. The Morgan fingerprint density at radius 3 is 2.48 bits per heavy atom. The van der Waals surface area contributed by atoms with Crippen LogP contribution in [0.2, 0.25) is 0 Å². The van der Waals surface area contributed by atoms with Crippen LogP contribution in [0, 0.1) is 0 Å². The summed E-state index contributed by atoms with van der Waals surface area (Å²) in [5.74, 6) is 0.0501. The maximum absolute atomic E-state index is 12.6. The van der Waals surface area contributed by atoms with E-state index in [1.54, 1.807) is 17.0 Å². The number of fused-ring (bicyclic) bond motifs is 1. The number of benzene rings is 2. The van der Waals surface area contributed by atoms with Gasteiger partial charge in [-0.05, 0) is 48.2 Å². The summed E-state index contributed by atoms with van der Waals surface area (Å²) in [5.41, 5.74) is 2.67. The Hall–Kier alpha value is -2.67. The van der Waals surface area contributed by atoms with Crippen molar-refractivity contribution in [2.24, 2.45) is 4.40 Å². The number of nitrogens with zero attached hydrogens (tertiary/aromatic N) is 2. The molecule has 0 bridgehead atoms. The Kier molecular flexibility index (Phi) is 5.32. The molecule has 0 unspecified atom stereocenters. The molecule has 3 rings (SSSR count). The molecular weight excluding hydrogens is 362 g/mol. The average Bonchev–Trinajstić information content (AvgIpc) is 2.64. The largest absolute Gasteiger partial charge is 0.331 e. The SMILES string of the molecule is CCCN1C=NS(=O)(=O)c2cc(C(=O)Nc3ccc(C(C)C)cc3)ccc21. The highest BCUT2D eigenvalue weighted by Crippen LogP contribution is 2.31. The van der Waals surface area contributed by atoms with Crippen LogP contribution in [0.5, 0.6) is 0 Å². The Balaban J connectivity index is 1.87. The summed E-state index contributed by atoms with van der Waals surface area (Å²) in [6, 6.07) is 12.3. The molecule has 2 aromatic rings. The molecule has 1 aliphatic heterocycles. The Labute approximate surface area is 160 Å². The van der Waals surface area contributed by atoms with Gasteiger partial charge in [0.15, 0.2) is 0 Å². The minimum absolute atomic E-state index is 0.0567. The zero-order chi connectivity index (χ0) is 19.6. The molecule has 0 saturated carbocycles. The van der Waals surface area contributed by atoms with Crippen LogP contribution in [0.4, 0.5) is 11.4 Å². The third kappa shape index (κ3) is 4.03. The van der Waals surface area contributed by atoms with E-state index in [1.807, 2.05) is 31.2 Å². The quantitative estimate of drug-likeness (QED) is 0.843. The number of hydrogen-bond acceptors (Lipinski definition) is 4. The van der Waals surface area contributed by atoms with Gasteiger partial charge < -0.3 is 10.2 Å². The normalized spacial score (nSPS) is 14.9. The van der Waals surface area contributed by atoms with E-state index >= 15 is 0 Å². The summed E-state index contributed by atoms with van der Waals surface area (Å²) < 4.78 is 28.3. The monoisotopic (exact) mass is 385 g/mol. The maximum atomic E-state index is 12.6. The van der Waals surface area contributed by atoms with Crippen LogP contribution in [-0.2, 0) is 10.0 Å². The van der Waals surface area contributed by atoms with Gasteiger partial charge in [-0.3, -0.25) is 4.79 Å². The molecule has 0 aromatic heterocycles. The van der Waals surface area contributed by atoms with E-state index in [1.165, 1.54) is 18.0 Å².